The van der Waals surface area contributed by atoms with Crippen LogP contribution in [0.1, 0.15) is 22.3 Å². The Morgan fingerprint density at radius 3 is 1.84 bits per heavy atom. The first-order valence-electron chi connectivity index (χ1n) is 20.4. The second-order valence-electron chi connectivity index (χ2n) is 16.9. The smallest absolute Gasteiger partial charge is 0.113 e. The molecule has 0 bridgehead atoms. The molecule has 1 atom stereocenters. The molecule has 58 heavy (non-hydrogen) atoms. The highest BCUT2D eigenvalue weighted by molar-refractivity contribution is 7.01. The minimum absolute atomic E-state index is 0.499. The maximum Gasteiger partial charge on any atom is 0.113 e. The molecular formula is C55H38N2Si. The summed E-state index contributed by atoms with van der Waals surface area (Å²) in [6.07, 6.45) is 0. The molecule has 9 aromatic carbocycles. The lowest BCUT2D eigenvalue weighted by Gasteiger charge is -2.49. The van der Waals surface area contributed by atoms with Gasteiger partial charge in [-0.05, 0) is 103 Å². The second kappa shape index (κ2) is 11.3. The van der Waals surface area contributed by atoms with Crippen LogP contribution in [-0.2, 0) is 5.41 Å². The molecular weight excluding hydrogens is 717 g/mol. The summed E-state index contributed by atoms with van der Waals surface area (Å²) in [7, 11) is -2.14. The Hall–Kier alpha value is -6.94. The van der Waals surface area contributed by atoms with Gasteiger partial charge in [-0.25, -0.2) is 0 Å². The van der Waals surface area contributed by atoms with Gasteiger partial charge in [0, 0.05) is 27.2 Å². The lowest BCUT2D eigenvalue weighted by Crippen LogP contribution is -2.63. The van der Waals surface area contributed by atoms with Gasteiger partial charge < -0.3 is 9.13 Å². The monoisotopic (exact) mass is 754 g/mol. The molecule has 0 saturated heterocycles. The van der Waals surface area contributed by atoms with E-state index in [1.165, 1.54) is 110 Å². The Labute approximate surface area is 337 Å². The lowest BCUT2D eigenvalue weighted by atomic mass is 9.62. The number of nitrogens with zero attached hydrogens (tertiary/aromatic N) is 2. The van der Waals surface area contributed by atoms with Gasteiger partial charge in [-0.15, -0.1) is 0 Å². The molecule has 1 spiro atoms. The van der Waals surface area contributed by atoms with Gasteiger partial charge in [0.25, 0.3) is 0 Å². The summed E-state index contributed by atoms with van der Waals surface area (Å²) in [6.45, 7) is 5.11. The van der Waals surface area contributed by atoms with Crippen LogP contribution in [0.5, 0.6) is 0 Å². The van der Waals surface area contributed by atoms with Crippen molar-refractivity contribution in [1.29, 1.82) is 0 Å². The van der Waals surface area contributed by atoms with Crippen LogP contribution in [0.3, 0.4) is 0 Å². The molecule has 0 fully saturated rings. The third-order valence-corrected chi connectivity index (χ3v) is 17.3. The standard InChI is InChI=1S/C55H38N2Si/c1-58(2)52-25-12-8-20-45(52)55(44-19-7-11-24-51(44)57-49-23-10-5-16-40(49)42-18-13-21-46(55)54(42)57)47-34-38(28-31-53(47)58)37-27-30-50-43(33-37)41-17-6-9-22-48(41)56(50)39-29-26-35-14-3-4-15-36(35)32-39/h3-34H,1-2H3. The van der Waals surface area contributed by atoms with Gasteiger partial charge in [0.05, 0.1) is 33.2 Å². The molecule has 4 heterocycles. The van der Waals surface area contributed by atoms with Gasteiger partial charge in [-0.3, -0.25) is 0 Å². The molecule has 13 rings (SSSR count). The van der Waals surface area contributed by atoms with Crippen molar-refractivity contribution in [2.75, 3.05) is 0 Å². The van der Waals surface area contributed by atoms with Crippen LogP contribution in [0, 0.1) is 0 Å². The average Bonchev–Trinajstić information content (AvgIpc) is 3.80. The third kappa shape index (κ3) is 3.96. The zero-order valence-corrected chi connectivity index (χ0v) is 33.4. The number of aromatic nitrogens is 2. The van der Waals surface area contributed by atoms with E-state index < -0.39 is 13.5 Å². The van der Waals surface area contributed by atoms with E-state index in [9.17, 15) is 0 Å². The van der Waals surface area contributed by atoms with Crippen molar-refractivity contribution >= 4 is 72.8 Å². The fraction of sp³-hybridized carbons (Fsp3) is 0.0545. The first-order chi connectivity index (χ1) is 28.5. The highest BCUT2D eigenvalue weighted by atomic mass is 28.3. The van der Waals surface area contributed by atoms with Crippen LogP contribution in [0.2, 0.25) is 13.1 Å². The predicted molar refractivity (Wildman–Crippen MR) is 247 cm³/mol. The molecule has 11 aromatic rings. The fourth-order valence-corrected chi connectivity index (χ4v) is 14.4. The summed E-state index contributed by atoms with van der Waals surface area (Å²) in [5.41, 5.74) is 15.0. The molecule has 0 radical (unpaired) electrons. The Kier molecular flexibility index (Phi) is 6.29. The first kappa shape index (κ1) is 32.2. The van der Waals surface area contributed by atoms with Crippen molar-refractivity contribution in [2.24, 2.45) is 0 Å². The summed E-state index contributed by atoms with van der Waals surface area (Å²) in [6, 6.07) is 73.6. The lowest BCUT2D eigenvalue weighted by molar-refractivity contribution is 0.732. The van der Waals surface area contributed by atoms with E-state index in [4.69, 9.17) is 0 Å². The number of hydrogen-bond acceptors (Lipinski definition) is 0. The van der Waals surface area contributed by atoms with E-state index in [-0.39, 0.29) is 0 Å². The summed E-state index contributed by atoms with van der Waals surface area (Å²) >= 11 is 0. The normalized spacial score (nSPS) is 16.3. The average molecular weight is 755 g/mol. The number of hydrogen-bond donors (Lipinski definition) is 0. The van der Waals surface area contributed by atoms with Crippen LogP contribution >= 0.6 is 0 Å². The minimum Gasteiger partial charge on any atom is -0.309 e. The number of rotatable bonds is 2. The summed E-state index contributed by atoms with van der Waals surface area (Å²) in [4.78, 5) is 0. The van der Waals surface area contributed by atoms with Crippen LogP contribution in [0.25, 0.3) is 76.9 Å². The molecule has 2 aromatic heterocycles. The molecule has 0 N–H and O–H groups in total. The Morgan fingerprint density at radius 1 is 0.379 bits per heavy atom. The summed E-state index contributed by atoms with van der Waals surface area (Å²) in [5.74, 6) is 0. The van der Waals surface area contributed by atoms with E-state index in [1.807, 2.05) is 0 Å². The van der Waals surface area contributed by atoms with Crippen molar-refractivity contribution in [3.05, 3.63) is 216 Å². The molecule has 2 aliphatic heterocycles. The van der Waals surface area contributed by atoms with Crippen LogP contribution in [0.15, 0.2) is 194 Å². The molecule has 0 aliphatic carbocycles. The largest absolute Gasteiger partial charge is 0.309 e. The van der Waals surface area contributed by atoms with Crippen molar-refractivity contribution in [2.45, 2.75) is 18.5 Å². The Balaban J connectivity index is 1.10. The summed E-state index contributed by atoms with van der Waals surface area (Å²) < 4.78 is 4.98. The maximum absolute atomic E-state index is 2.58. The minimum atomic E-state index is -2.14. The van der Waals surface area contributed by atoms with Crippen LogP contribution in [-0.4, -0.2) is 17.2 Å². The molecule has 2 nitrogen and oxygen atoms in total. The van der Waals surface area contributed by atoms with Gasteiger partial charge in [-0.1, -0.05) is 159 Å². The quantitative estimate of drug-likeness (QED) is 0.156. The highest BCUT2D eigenvalue weighted by Gasteiger charge is 2.53. The SMILES string of the molecule is C[Si]1(C)c2ccccc2C2(c3ccccc3-n3c4ccccc4c4cccc2c43)c2cc(-c3ccc4c(c3)c3ccccc3n4-c3ccc4ccccc4c3)ccc21. The molecule has 0 amide bonds. The van der Waals surface area contributed by atoms with E-state index >= 15 is 0 Å². The van der Waals surface area contributed by atoms with Crippen molar-refractivity contribution < 1.29 is 0 Å². The third-order valence-electron chi connectivity index (χ3n) is 13.7. The van der Waals surface area contributed by atoms with Gasteiger partial charge in [0.15, 0.2) is 0 Å². The van der Waals surface area contributed by atoms with Gasteiger partial charge >= 0.3 is 0 Å². The molecule has 0 saturated carbocycles. The van der Waals surface area contributed by atoms with E-state index in [1.54, 1.807) is 0 Å². The molecule has 3 heteroatoms. The topological polar surface area (TPSA) is 9.86 Å². The van der Waals surface area contributed by atoms with E-state index in [0.717, 1.165) is 0 Å². The molecule has 2 aliphatic rings. The number of benzene rings is 9. The second-order valence-corrected chi connectivity index (χ2v) is 21.2. The Morgan fingerprint density at radius 2 is 0.983 bits per heavy atom. The number of fused-ring (bicyclic) bond motifs is 15. The first-order valence-corrected chi connectivity index (χ1v) is 23.4. The predicted octanol–water partition coefficient (Wildman–Crippen LogP) is 12.5. The maximum atomic E-state index is 2.58. The fourth-order valence-electron chi connectivity index (χ4n) is 11.3. The van der Waals surface area contributed by atoms with Crippen LogP contribution in [0.4, 0.5) is 0 Å². The van der Waals surface area contributed by atoms with Gasteiger partial charge in [-0.2, -0.15) is 0 Å². The van der Waals surface area contributed by atoms with Gasteiger partial charge in [0.2, 0.25) is 0 Å². The van der Waals surface area contributed by atoms with Gasteiger partial charge in [0.1, 0.15) is 8.07 Å². The van der Waals surface area contributed by atoms with Crippen LogP contribution < -0.4 is 10.4 Å². The zero-order chi connectivity index (χ0) is 38.3. The zero-order valence-electron chi connectivity index (χ0n) is 32.4. The number of para-hydroxylation sites is 4. The van der Waals surface area contributed by atoms with E-state index in [0.29, 0.717) is 0 Å². The van der Waals surface area contributed by atoms with Crippen molar-refractivity contribution in [3.8, 4) is 22.5 Å². The molecule has 272 valence electrons. The highest BCUT2D eigenvalue weighted by Crippen LogP contribution is 2.55. The molecule has 1 unspecified atom stereocenters. The van der Waals surface area contributed by atoms with Crippen molar-refractivity contribution in [3.63, 3.8) is 0 Å². The van der Waals surface area contributed by atoms with E-state index in [2.05, 4.69) is 216 Å². The van der Waals surface area contributed by atoms with Crippen molar-refractivity contribution in [1.82, 2.24) is 9.13 Å². The summed E-state index contributed by atoms with van der Waals surface area (Å²) in [5, 5.41) is 10.7. The Bertz CT molecular complexity index is 3560.